The first-order valence-electron chi connectivity index (χ1n) is 5.07. The molecule has 0 unspecified atom stereocenters. The van der Waals surface area contributed by atoms with E-state index in [-0.39, 0.29) is 23.7 Å². The summed E-state index contributed by atoms with van der Waals surface area (Å²) in [4.78, 5) is 13.9. The second-order valence-electron chi connectivity index (χ2n) is 3.67. The van der Waals surface area contributed by atoms with Crippen molar-refractivity contribution in [2.24, 2.45) is 7.05 Å². The minimum absolute atomic E-state index is 0.0149. The summed E-state index contributed by atoms with van der Waals surface area (Å²) in [5, 5.41) is 22.9. The van der Waals surface area contributed by atoms with Crippen LogP contribution in [0, 0.1) is 10.1 Å². The molecule has 0 amide bonds. The first-order valence-corrected chi connectivity index (χ1v) is 6.36. The van der Waals surface area contributed by atoms with Crippen molar-refractivity contribution in [3.63, 3.8) is 0 Å². The van der Waals surface area contributed by atoms with Gasteiger partial charge in [0.15, 0.2) is 0 Å². The number of nitrogens with one attached hydrogen (secondary N) is 1. The summed E-state index contributed by atoms with van der Waals surface area (Å²) >= 11 is 1.51. The van der Waals surface area contributed by atoms with Gasteiger partial charge >= 0.3 is 5.82 Å². The molecule has 0 aliphatic heterocycles. The molecule has 1 aromatic heterocycles. The van der Waals surface area contributed by atoms with Gasteiger partial charge in [-0.1, -0.05) is 0 Å². The van der Waals surface area contributed by atoms with Gasteiger partial charge in [0, 0.05) is 18.3 Å². The Morgan fingerprint density at radius 2 is 2.41 bits per heavy atom. The van der Waals surface area contributed by atoms with Crippen molar-refractivity contribution in [2.45, 2.75) is 18.2 Å². The van der Waals surface area contributed by atoms with E-state index in [0.717, 1.165) is 0 Å². The summed E-state index contributed by atoms with van der Waals surface area (Å²) in [5.74, 6) is 0.159. The summed E-state index contributed by atoms with van der Waals surface area (Å²) in [6.07, 6.45) is 3.27. The maximum atomic E-state index is 10.8. The number of hydrogen-bond acceptors (Lipinski definition) is 6. The van der Waals surface area contributed by atoms with Crippen LogP contribution >= 0.6 is 11.8 Å². The lowest BCUT2D eigenvalue weighted by atomic mass is 10.2. The van der Waals surface area contributed by atoms with Crippen LogP contribution in [-0.4, -0.2) is 43.7 Å². The van der Waals surface area contributed by atoms with Crippen LogP contribution in [0.4, 0.5) is 11.6 Å². The Morgan fingerprint density at radius 1 is 1.76 bits per heavy atom. The molecule has 17 heavy (non-hydrogen) atoms. The number of aromatic nitrogens is 2. The van der Waals surface area contributed by atoms with Crippen molar-refractivity contribution < 1.29 is 10.0 Å². The molecule has 0 radical (unpaired) electrons. The zero-order chi connectivity index (χ0) is 13.0. The van der Waals surface area contributed by atoms with E-state index in [9.17, 15) is 10.1 Å². The summed E-state index contributed by atoms with van der Waals surface area (Å²) in [5.41, 5.74) is 0. The molecule has 2 N–H and O–H groups in total. The number of nitro groups is 1. The Balaban J connectivity index is 2.87. The Morgan fingerprint density at radius 3 is 2.88 bits per heavy atom. The van der Waals surface area contributed by atoms with Gasteiger partial charge in [-0.25, -0.2) is 0 Å². The number of anilines is 1. The third kappa shape index (κ3) is 3.10. The first kappa shape index (κ1) is 13.8. The lowest BCUT2D eigenvalue weighted by Crippen LogP contribution is -2.31. The fourth-order valence-electron chi connectivity index (χ4n) is 1.46. The van der Waals surface area contributed by atoms with Crippen LogP contribution in [0.3, 0.4) is 0 Å². The van der Waals surface area contributed by atoms with Crippen LogP contribution in [0.25, 0.3) is 0 Å². The number of aliphatic hydroxyl groups is 1. The Bertz CT molecular complexity index is 392. The van der Waals surface area contributed by atoms with Gasteiger partial charge in [-0.2, -0.15) is 11.8 Å². The minimum atomic E-state index is -0.526. The summed E-state index contributed by atoms with van der Waals surface area (Å²) < 4.78 is 1.56. The molecule has 0 aromatic carbocycles. The van der Waals surface area contributed by atoms with Crippen molar-refractivity contribution in [3.8, 4) is 0 Å². The Labute approximate surface area is 103 Å². The molecule has 0 bridgehead atoms. The highest BCUT2D eigenvalue weighted by molar-refractivity contribution is 7.99. The van der Waals surface area contributed by atoms with Crippen molar-refractivity contribution in [1.82, 2.24) is 9.55 Å². The van der Waals surface area contributed by atoms with E-state index >= 15 is 0 Å². The molecule has 0 saturated heterocycles. The van der Waals surface area contributed by atoms with E-state index in [4.69, 9.17) is 5.11 Å². The quantitative estimate of drug-likeness (QED) is 0.582. The fraction of sp³-hybridized carbons (Fsp3) is 0.667. The number of nitrogens with zero attached hydrogens (tertiary/aromatic N) is 3. The van der Waals surface area contributed by atoms with Crippen molar-refractivity contribution in [3.05, 3.63) is 16.4 Å². The molecule has 2 atom stereocenters. The van der Waals surface area contributed by atoms with E-state index in [1.54, 1.807) is 11.6 Å². The highest BCUT2D eigenvalue weighted by Gasteiger charge is 2.24. The molecule has 1 aromatic rings. The number of imidazole rings is 1. The van der Waals surface area contributed by atoms with Crippen LogP contribution in [0.15, 0.2) is 6.33 Å². The topological polar surface area (TPSA) is 93.2 Å². The molecule has 1 rings (SSSR count). The molecule has 0 aliphatic rings. The van der Waals surface area contributed by atoms with Gasteiger partial charge < -0.3 is 20.5 Å². The van der Waals surface area contributed by atoms with Gasteiger partial charge in [0.1, 0.15) is 0 Å². The number of aryl methyl sites for hydroxylation is 1. The van der Waals surface area contributed by atoms with Crippen molar-refractivity contribution in [2.75, 3.05) is 18.2 Å². The lowest BCUT2D eigenvalue weighted by molar-refractivity contribution is -0.388. The predicted octanol–water partition coefficient (Wildman–Crippen LogP) is 0.853. The lowest BCUT2D eigenvalue weighted by Gasteiger charge is -2.21. The molecule has 7 nitrogen and oxygen atoms in total. The zero-order valence-corrected chi connectivity index (χ0v) is 10.8. The Kier molecular flexibility index (Phi) is 4.76. The molecule has 1 heterocycles. The van der Waals surface area contributed by atoms with E-state index in [1.807, 2.05) is 13.2 Å². The monoisotopic (exact) mass is 260 g/mol. The molecule has 0 spiro atoms. The highest BCUT2D eigenvalue weighted by Crippen LogP contribution is 2.24. The Hall–Kier alpha value is -1.28. The molecule has 96 valence electrons. The molecule has 0 saturated carbocycles. The molecular formula is C9H16N4O3S. The van der Waals surface area contributed by atoms with Crippen LogP contribution in [0.5, 0.6) is 0 Å². The minimum Gasteiger partial charge on any atom is -0.395 e. The number of aliphatic hydroxyl groups excluding tert-OH is 1. The van der Waals surface area contributed by atoms with Crippen LogP contribution in [0.1, 0.15) is 6.92 Å². The van der Waals surface area contributed by atoms with Crippen LogP contribution in [0.2, 0.25) is 0 Å². The number of rotatable bonds is 6. The van der Waals surface area contributed by atoms with Crippen LogP contribution < -0.4 is 5.32 Å². The molecule has 8 heteroatoms. The third-order valence-corrected chi connectivity index (χ3v) is 3.66. The van der Waals surface area contributed by atoms with Gasteiger partial charge in [-0.3, -0.25) is 4.57 Å². The summed E-state index contributed by atoms with van der Waals surface area (Å²) in [6.45, 7) is 1.88. The van der Waals surface area contributed by atoms with Gasteiger partial charge in [0.2, 0.25) is 12.1 Å². The average molecular weight is 260 g/mol. The van der Waals surface area contributed by atoms with Gasteiger partial charge in [0.05, 0.1) is 6.61 Å². The standard InChI is InChI=1S/C9H16N4O3S/c1-6(7(4-14)17-3)11-9-8(13(15)16)10-5-12(9)2/h5-7,11,14H,4H2,1-3H3/t6-,7+/m1/s1. The number of thioether (sulfide) groups is 1. The maximum Gasteiger partial charge on any atom is 0.406 e. The normalized spacial score (nSPS) is 14.4. The molecule has 0 aliphatic carbocycles. The van der Waals surface area contributed by atoms with E-state index in [0.29, 0.717) is 5.82 Å². The van der Waals surface area contributed by atoms with E-state index in [2.05, 4.69) is 10.3 Å². The van der Waals surface area contributed by atoms with Gasteiger partial charge in [-0.05, 0) is 23.1 Å². The highest BCUT2D eigenvalue weighted by atomic mass is 32.2. The summed E-state index contributed by atoms with van der Waals surface area (Å²) in [7, 11) is 1.68. The number of hydrogen-bond donors (Lipinski definition) is 2. The SMILES string of the molecule is CS[C@@H](CO)[C@@H](C)Nc1c([N+](=O)[O-])ncn1C. The zero-order valence-electron chi connectivity index (χ0n) is 9.95. The van der Waals surface area contributed by atoms with Gasteiger partial charge in [-0.15, -0.1) is 0 Å². The second-order valence-corrected chi connectivity index (χ2v) is 4.75. The smallest absolute Gasteiger partial charge is 0.395 e. The molecule has 0 fully saturated rings. The maximum absolute atomic E-state index is 10.8. The van der Waals surface area contributed by atoms with E-state index in [1.165, 1.54) is 18.1 Å². The van der Waals surface area contributed by atoms with E-state index < -0.39 is 4.92 Å². The third-order valence-electron chi connectivity index (χ3n) is 2.50. The van der Waals surface area contributed by atoms with Gasteiger partial charge in [0.25, 0.3) is 0 Å². The average Bonchev–Trinajstić information content (AvgIpc) is 2.62. The van der Waals surface area contributed by atoms with Crippen molar-refractivity contribution in [1.29, 1.82) is 0 Å². The van der Waals surface area contributed by atoms with Crippen LogP contribution in [-0.2, 0) is 7.05 Å². The molecular weight excluding hydrogens is 244 g/mol. The summed E-state index contributed by atoms with van der Waals surface area (Å²) in [6, 6.07) is -0.0934. The fourth-order valence-corrected chi connectivity index (χ4v) is 2.09. The predicted molar refractivity (Wildman–Crippen MR) is 67.3 cm³/mol. The van der Waals surface area contributed by atoms with Crippen molar-refractivity contribution >= 4 is 23.4 Å². The second kappa shape index (κ2) is 5.87. The largest absolute Gasteiger partial charge is 0.406 e. The first-order chi connectivity index (χ1) is 8.01.